The molecule has 122 valence electrons. The van der Waals surface area contributed by atoms with Crippen molar-refractivity contribution in [3.05, 3.63) is 28.2 Å². The first-order chi connectivity index (χ1) is 10.6. The molecule has 1 atom stereocenters. The number of amides is 1. The maximum absolute atomic E-state index is 12.1. The zero-order valence-electron chi connectivity index (χ0n) is 13.4. The van der Waals surface area contributed by atoms with Crippen molar-refractivity contribution in [3.8, 4) is 5.75 Å². The second-order valence-corrected chi connectivity index (χ2v) is 6.69. The summed E-state index contributed by atoms with van der Waals surface area (Å²) in [4.78, 5) is 14.7. The van der Waals surface area contributed by atoms with Gasteiger partial charge in [0.15, 0.2) is 0 Å². The molecule has 0 radical (unpaired) electrons. The maximum Gasteiger partial charge on any atom is 0.251 e. The number of nitrogens with one attached hydrogen (secondary N) is 1. The van der Waals surface area contributed by atoms with Gasteiger partial charge in [-0.25, -0.2) is 0 Å². The molecule has 1 N–H and O–H groups in total. The normalized spacial score (nSPS) is 19.0. The Morgan fingerprint density at radius 1 is 1.45 bits per heavy atom. The lowest BCUT2D eigenvalue weighted by atomic mass is 10.0. The second-order valence-electron chi connectivity index (χ2n) is 5.84. The minimum atomic E-state index is -0.0324. The predicted molar refractivity (Wildman–Crippen MR) is 92.5 cm³/mol. The highest BCUT2D eigenvalue weighted by atomic mass is 79.9. The van der Waals surface area contributed by atoms with Crippen LogP contribution in [0.2, 0.25) is 0 Å². The van der Waals surface area contributed by atoms with Crippen LogP contribution in [0.1, 0.15) is 43.0 Å². The molecule has 1 fully saturated rings. The van der Waals surface area contributed by atoms with Gasteiger partial charge in [0.2, 0.25) is 0 Å². The third-order valence-corrected chi connectivity index (χ3v) is 4.88. The number of halogens is 1. The van der Waals surface area contributed by atoms with E-state index in [-0.39, 0.29) is 5.91 Å². The average molecular weight is 369 g/mol. The number of benzene rings is 1. The van der Waals surface area contributed by atoms with Crippen LogP contribution in [0.15, 0.2) is 22.7 Å². The van der Waals surface area contributed by atoms with Crippen molar-refractivity contribution in [1.29, 1.82) is 0 Å². The molecule has 0 bridgehead atoms. The first kappa shape index (κ1) is 17.3. The second kappa shape index (κ2) is 8.53. The molecule has 2 rings (SSSR count). The Labute approximate surface area is 141 Å². The summed E-state index contributed by atoms with van der Waals surface area (Å²) < 4.78 is 5.97. The van der Waals surface area contributed by atoms with E-state index in [1.165, 1.54) is 25.8 Å². The number of hydrogen-bond donors (Lipinski definition) is 1. The fraction of sp³-hybridized carbons (Fsp3) is 0.588. The van der Waals surface area contributed by atoms with Crippen molar-refractivity contribution < 1.29 is 9.53 Å². The van der Waals surface area contributed by atoms with Crippen molar-refractivity contribution in [3.63, 3.8) is 0 Å². The average Bonchev–Trinajstić information content (AvgIpc) is 2.52. The summed E-state index contributed by atoms with van der Waals surface area (Å²) >= 11 is 3.40. The van der Waals surface area contributed by atoms with Crippen molar-refractivity contribution in [1.82, 2.24) is 10.2 Å². The molecule has 1 heterocycles. The summed E-state index contributed by atoms with van der Waals surface area (Å²) in [6.07, 6.45) is 4.94. The standard InChI is InChI=1S/C17H25BrN2O2/c1-13-6-3-4-10-20(13)11-5-9-19-17(21)14-7-8-16(22-2)15(18)12-14/h7-8,12-13H,3-6,9-11H2,1-2H3,(H,19,21)/t13-/m0/s1. The van der Waals surface area contributed by atoms with Crippen molar-refractivity contribution in [2.75, 3.05) is 26.7 Å². The van der Waals surface area contributed by atoms with Gasteiger partial charge in [-0.2, -0.15) is 0 Å². The lowest BCUT2D eigenvalue weighted by Crippen LogP contribution is -2.39. The van der Waals surface area contributed by atoms with Gasteiger partial charge < -0.3 is 15.0 Å². The number of carbonyl (C=O) groups is 1. The number of ether oxygens (including phenoxy) is 1. The molecule has 0 aromatic heterocycles. The third kappa shape index (κ3) is 4.71. The van der Waals surface area contributed by atoms with Gasteiger partial charge in [-0.3, -0.25) is 4.79 Å². The molecule has 0 spiro atoms. The van der Waals surface area contributed by atoms with Crippen LogP contribution in [-0.2, 0) is 0 Å². The molecule has 0 unspecified atom stereocenters. The minimum absolute atomic E-state index is 0.0324. The molecule has 0 aliphatic carbocycles. The van der Waals surface area contributed by atoms with Gasteiger partial charge in [-0.15, -0.1) is 0 Å². The van der Waals surface area contributed by atoms with E-state index in [9.17, 15) is 4.79 Å². The lowest BCUT2D eigenvalue weighted by Gasteiger charge is -2.33. The molecule has 22 heavy (non-hydrogen) atoms. The van der Waals surface area contributed by atoms with Gasteiger partial charge in [0.1, 0.15) is 5.75 Å². The van der Waals surface area contributed by atoms with Crippen molar-refractivity contribution >= 4 is 21.8 Å². The number of methoxy groups -OCH3 is 1. The molecular formula is C17H25BrN2O2. The van der Waals surface area contributed by atoms with E-state index >= 15 is 0 Å². The first-order valence-electron chi connectivity index (χ1n) is 7.97. The smallest absolute Gasteiger partial charge is 0.251 e. The van der Waals surface area contributed by atoms with E-state index in [2.05, 4.69) is 33.1 Å². The van der Waals surface area contributed by atoms with Crippen LogP contribution in [0, 0.1) is 0 Å². The zero-order chi connectivity index (χ0) is 15.9. The molecule has 5 heteroatoms. The quantitative estimate of drug-likeness (QED) is 0.781. The Morgan fingerprint density at radius 3 is 2.95 bits per heavy atom. The fourth-order valence-corrected chi connectivity index (χ4v) is 3.42. The Morgan fingerprint density at radius 2 is 2.27 bits per heavy atom. The van der Waals surface area contributed by atoms with Gasteiger partial charge >= 0.3 is 0 Å². The van der Waals surface area contributed by atoms with Crippen LogP contribution < -0.4 is 10.1 Å². The fourth-order valence-electron chi connectivity index (χ4n) is 2.88. The molecule has 4 nitrogen and oxygen atoms in total. The molecule has 0 saturated carbocycles. The van der Waals surface area contributed by atoms with Crippen molar-refractivity contribution in [2.45, 2.75) is 38.6 Å². The summed E-state index contributed by atoms with van der Waals surface area (Å²) in [5.41, 5.74) is 0.652. The third-order valence-electron chi connectivity index (χ3n) is 4.26. The van der Waals surface area contributed by atoms with E-state index in [0.29, 0.717) is 18.2 Å². The number of hydrogen-bond acceptors (Lipinski definition) is 3. The summed E-state index contributed by atoms with van der Waals surface area (Å²) in [6.45, 7) is 5.27. The molecule has 1 amide bonds. The highest BCUT2D eigenvalue weighted by Gasteiger charge is 2.17. The van der Waals surface area contributed by atoms with Gasteiger partial charge in [-0.05, 0) is 66.9 Å². The van der Waals surface area contributed by atoms with Gasteiger partial charge in [-0.1, -0.05) is 6.42 Å². The highest BCUT2D eigenvalue weighted by molar-refractivity contribution is 9.10. The minimum Gasteiger partial charge on any atom is -0.496 e. The Kier molecular flexibility index (Phi) is 6.70. The Balaban J connectivity index is 1.74. The largest absolute Gasteiger partial charge is 0.496 e. The van der Waals surface area contributed by atoms with E-state index in [0.717, 1.165) is 23.2 Å². The molecule has 1 aliphatic heterocycles. The van der Waals surface area contributed by atoms with Crippen LogP contribution in [0.4, 0.5) is 0 Å². The topological polar surface area (TPSA) is 41.6 Å². The summed E-state index contributed by atoms with van der Waals surface area (Å²) in [6, 6.07) is 6.06. The van der Waals surface area contributed by atoms with Crippen LogP contribution >= 0.6 is 15.9 Å². The molecule has 1 saturated heterocycles. The van der Waals surface area contributed by atoms with Crippen LogP contribution in [0.3, 0.4) is 0 Å². The highest BCUT2D eigenvalue weighted by Crippen LogP contribution is 2.25. The van der Waals surface area contributed by atoms with Crippen molar-refractivity contribution in [2.24, 2.45) is 0 Å². The Bertz CT molecular complexity index is 507. The maximum atomic E-state index is 12.1. The van der Waals surface area contributed by atoms with Gasteiger partial charge in [0.25, 0.3) is 5.91 Å². The number of nitrogens with zero attached hydrogens (tertiary/aromatic N) is 1. The monoisotopic (exact) mass is 368 g/mol. The van der Waals surface area contributed by atoms with E-state index < -0.39 is 0 Å². The zero-order valence-corrected chi connectivity index (χ0v) is 15.0. The molecule has 1 aromatic rings. The van der Waals surface area contributed by atoms with E-state index in [1.54, 1.807) is 25.3 Å². The Hall–Kier alpha value is -1.07. The summed E-state index contributed by atoms with van der Waals surface area (Å²) in [7, 11) is 1.61. The SMILES string of the molecule is COc1ccc(C(=O)NCCCN2CCCC[C@@H]2C)cc1Br. The summed E-state index contributed by atoms with van der Waals surface area (Å²) in [5.74, 6) is 0.700. The predicted octanol–water partition coefficient (Wildman–Crippen LogP) is 3.45. The number of rotatable bonds is 6. The van der Waals surface area contributed by atoms with Crippen LogP contribution in [-0.4, -0.2) is 43.6 Å². The molecule has 1 aromatic carbocycles. The number of carbonyl (C=O) groups excluding carboxylic acids is 1. The first-order valence-corrected chi connectivity index (χ1v) is 8.77. The van der Waals surface area contributed by atoms with E-state index in [1.807, 2.05) is 0 Å². The van der Waals surface area contributed by atoms with Crippen LogP contribution in [0.25, 0.3) is 0 Å². The summed E-state index contributed by atoms with van der Waals surface area (Å²) in [5, 5.41) is 2.99. The van der Waals surface area contributed by atoms with Gasteiger partial charge in [0.05, 0.1) is 11.6 Å². The number of piperidine rings is 1. The van der Waals surface area contributed by atoms with Crippen LogP contribution in [0.5, 0.6) is 5.75 Å². The number of likely N-dealkylation sites (tertiary alicyclic amines) is 1. The molecular weight excluding hydrogens is 344 g/mol. The molecule has 1 aliphatic rings. The van der Waals surface area contributed by atoms with E-state index in [4.69, 9.17) is 4.74 Å². The lowest BCUT2D eigenvalue weighted by molar-refractivity contribution is 0.0949. The van der Waals surface area contributed by atoms with Gasteiger partial charge in [0, 0.05) is 24.7 Å².